The van der Waals surface area contributed by atoms with Crippen LogP contribution in [0.1, 0.15) is 25.0 Å². The van der Waals surface area contributed by atoms with Gasteiger partial charge in [-0.1, -0.05) is 166 Å². The number of rotatable bonds is 5. The quantitative estimate of drug-likeness (QED) is 0.175. The maximum Gasteiger partial charge on any atom is 0.160 e. The molecule has 282 valence electrons. The normalized spacial score (nSPS) is 13.0. The molecule has 0 spiro atoms. The molecular weight excluding hydrogens is 727 g/mol. The van der Waals surface area contributed by atoms with Crippen molar-refractivity contribution in [3.63, 3.8) is 0 Å². The van der Waals surface area contributed by atoms with Gasteiger partial charge in [-0.2, -0.15) is 0 Å². The molecule has 60 heavy (non-hydrogen) atoms. The molecule has 0 saturated carbocycles. The molecule has 0 amide bonds. The molecule has 0 unspecified atom stereocenters. The lowest BCUT2D eigenvalue weighted by molar-refractivity contribution is 0.661. The van der Waals surface area contributed by atoms with Gasteiger partial charge in [-0.25, -0.2) is 9.97 Å². The third-order valence-corrected chi connectivity index (χ3v) is 12.8. The maximum atomic E-state index is 5.35. The third-order valence-electron chi connectivity index (χ3n) is 12.8. The number of para-hydroxylation sites is 2. The Morgan fingerprint density at radius 3 is 1.77 bits per heavy atom. The highest BCUT2D eigenvalue weighted by atomic mass is 15.0. The van der Waals surface area contributed by atoms with E-state index in [1.54, 1.807) is 0 Å². The molecule has 2 aromatic heterocycles. The van der Waals surface area contributed by atoms with Gasteiger partial charge in [0.2, 0.25) is 0 Å². The summed E-state index contributed by atoms with van der Waals surface area (Å²) in [7, 11) is 0. The average Bonchev–Trinajstić information content (AvgIpc) is 3.76. The molecule has 0 bridgehead atoms. The van der Waals surface area contributed by atoms with Crippen LogP contribution >= 0.6 is 0 Å². The molecule has 0 atom stereocenters. The largest absolute Gasteiger partial charge is 0.309 e. The van der Waals surface area contributed by atoms with Crippen molar-refractivity contribution in [2.24, 2.45) is 0 Å². The monoisotopic (exact) mass is 765 g/mol. The van der Waals surface area contributed by atoms with Crippen LogP contribution in [0.15, 0.2) is 200 Å². The predicted octanol–water partition coefficient (Wildman–Crippen LogP) is 14.9. The summed E-state index contributed by atoms with van der Waals surface area (Å²) in [5, 5.41) is 7.28. The van der Waals surface area contributed by atoms with E-state index in [0.717, 1.165) is 50.2 Å². The predicted molar refractivity (Wildman–Crippen MR) is 251 cm³/mol. The highest BCUT2D eigenvalue weighted by Crippen LogP contribution is 2.51. The first kappa shape index (κ1) is 34.4. The second-order valence-electron chi connectivity index (χ2n) is 16.6. The van der Waals surface area contributed by atoms with E-state index in [9.17, 15) is 0 Å². The lowest BCUT2D eigenvalue weighted by Crippen LogP contribution is -2.14. The third kappa shape index (κ3) is 5.22. The van der Waals surface area contributed by atoms with Crippen molar-refractivity contribution in [1.82, 2.24) is 14.5 Å². The van der Waals surface area contributed by atoms with Crippen LogP contribution in [0.2, 0.25) is 0 Å². The number of aromatic nitrogens is 3. The molecule has 0 N–H and O–H groups in total. The van der Waals surface area contributed by atoms with Crippen molar-refractivity contribution < 1.29 is 0 Å². The van der Waals surface area contributed by atoms with E-state index in [2.05, 4.69) is 213 Å². The second kappa shape index (κ2) is 13.2. The van der Waals surface area contributed by atoms with Crippen LogP contribution in [0.5, 0.6) is 0 Å². The molecule has 2 heterocycles. The minimum Gasteiger partial charge on any atom is -0.309 e. The molecule has 9 aromatic carbocycles. The van der Waals surface area contributed by atoms with Crippen molar-refractivity contribution in [3.05, 3.63) is 211 Å². The lowest BCUT2D eigenvalue weighted by Gasteiger charge is -2.22. The van der Waals surface area contributed by atoms with Gasteiger partial charge in [0.1, 0.15) is 0 Å². The zero-order valence-corrected chi connectivity index (χ0v) is 33.4. The van der Waals surface area contributed by atoms with Crippen LogP contribution < -0.4 is 0 Å². The zero-order valence-electron chi connectivity index (χ0n) is 33.4. The molecule has 0 aliphatic heterocycles. The minimum absolute atomic E-state index is 0.0822. The number of nitrogens with zero attached hydrogens (tertiary/aromatic N) is 3. The summed E-state index contributed by atoms with van der Waals surface area (Å²) in [6.07, 6.45) is 0. The Bertz CT molecular complexity index is 3500. The van der Waals surface area contributed by atoms with E-state index in [-0.39, 0.29) is 5.41 Å². The van der Waals surface area contributed by atoms with Crippen molar-refractivity contribution in [1.29, 1.82) is 0 Å². The summed E-state index contributed by atoms with van der Waals surface area (Å²) in [4.78, 5) is 10.7. The van der Waals surface area contributed by atoms with E-state index in [0.29, 0.717) is 5.82 Å². The summed E-state index contributed by atoms with van der Waals surface area (Å²) in [5.74, 6) is 0.701. The maximum absolute atomic E-state index is 5.35. The van der Waals surface area contributed by atoms with E-state index in [1.165, 1.54) is 60.3 Å². The molecule has 0 radical (unpaired) electrons. The second-order valence-corrected chi connectivity index (χ2v) is 16.6. The molecule has 12 rings (SSSR count). The van der Waals surface area contributed by atoms with Gasteiger partial charge in [0.15, 0.2) is 5.82 Å². The molecule has 1 aliphatic rings. The smallest absolute Gasteiger partial charge is 0.160 e. The molecular formula is C57H39N3. The molecule has 11 aromatic rings. The number of fused-ring (bicyclic) bond motifs is 8. The Hall–Kier alpha value is -7.62. The first-order valence-electron chi connectivity index (χ1n) is 20.7. The topological polar surface area (TPSA) is 30.7 Å². The Balaban J connectivity index is 1.05. The molecule has 3 nitrogen and oxygen atoms in total. The molecule has 0 fully saturated rings. The van der Waals surface area contributed by atoms with Gasteiger partial charge in [-0.3, -0.25) is 0 Å². The molecule has 3 heteroatoms. The summed E-state index contributed by atoms with van der Waals surface area (Å²) < 4.78 is 2.36. The van der Waals surface area contributed by atoms with Crippen LogP contribution in [0.4, 0.5) is 0 Å². The number of hydrogen-bond donors (Lipinski definition) is 0. The standard InChI is InChI=1S/C57H39N3/c1-57(2)49-31-28-39(33-47(49)48-32-37-18-9-10-19-38(37)34-50(48)57)41-29-30-44(43-23-12-11-22-42(41)43)51-35-52(59-56(58-51)36-16-5-3-6-17-36)45-25-15-27-54-55(45)46-24-13-14-26-53(46)60(54)40-20-7-4-8-21-40/h3-35H,1-2H3. The highest BCUT2D eigenvalue weighted by molar-refractivity contribution is 6.16. The fraction of sp³-hybridized carbons (Fsp3) is 0.0526. The van der Waals surface area contributed by atoms with Crippen LogP contribution in [-0.4, -0.2) is 14.5 Å². The van der Waals surface area contributed by atoms with Crippen molar-refractivity contribution in [3.8, 4) is 61.8 Å². The van der Waals surface area contributed by atoms with Gasteiger partial charge in [-0.15, -0.1) is 0 Å². The van der Waals surface area contributed by atoms with Crippen molar-refractivity contribution in [2.75, 3.05) is 0 Å². The lowest BCUT2D eigenvalue weighted by atomic mass is 9.81. The minimum atomic E-state index is -0.0822. The van der Waals surface area contributed by atoms with E-state index < -0.39 is 0 Å². The summed E-state index contributed by atoms with van der Waals surface area (Å²) in [6, 6.07) is 72.4. The number of benzene rings is 9. The Kier molecular flexibility index (Phi) is 7.58. The highest BCUT2D eigenvalue weighted by Gasteiger charge is 2.36. The Morgan fingerprint density at radius 1 is 0.383 bits per heavy atom. The van der Waals surface area contributed by atoms with Gasteiger partial charge >= 0.3 is 0 Å². The SMILES string of the molecule is CC1(C)c2ccc(-c3ccc(-c4cc(-c5cccc6c5c5ccccc5n6-c5ccccc5)nc(-c5ccccc5)n4)c4ccccc34)cc2-c2cc3ccccc3cc21. The summed E-state index contributed by atoms with van der Waals surface area (Å²) in [6.45, 7) is 4.72. The van der Waals surface area contributed by atoms with Crippen LogP contribution in [0.3, 0.4) is 0 Å². The van der Waals surface area contributed by atoms with Gasteiger partial charge in [0.25, 0.3) is 0 Å². The average molecular weight is 766 g/mol. The molecule has 1 aliphatic carbocycles. The first-order chi connectivity index (χ1) is 29.5. The summed E-state index contributed by atoms with van der Waals surface area (Å²) >= 11 is 0. The van der Waals surface area contributed by atoms with Gasteiger partial charge in [0, 0.05) is 38.6 Å². The van der Waals surface area contributed by atoms with Gasteiger partial charge < -0.3 is 4.57 Å². The van der Waals surface area contributed by atoms with E-state index >= 15 is 0 Å². The number of hydrogen-bond acceptors (Lipinski definition) is 2. The van der Waals surface area contributed by atoms with E-state index in [4.69, 9.17) is 9.97 Å². The van der Waals surface area contributed by atoms with E-state index in [1.807, 2.05) is 6.07 Å². The Labute approximate surface area is 348 Å². The Morgan fingerprint density at radius 2 is 0.983 bits per heavy atom. The van der Waals surface area contributed by atoms with Gasteiger partial charge in [0.05, 0.1) is 22.4 Å². The zero-order chi connectivity index (χ0) is 40.0. The van der Waals surface area contributed by atoms with Crippen molar-refractivity contribution >= 4 is 43.4 Å². The fourth-order valence-electron chi connectivity index (χ4n) is 9.91. The molecule has 0 saturated heterocycles. The van der Waals surface area contributed by atoms with Crippen LogP contribution in [0, 0.1) is 0 Å². The summed E-state index contributed by atoms with van der Waals surface area (Å²) in [5.41, 5.74) is 16.1. The van der Waals surface area contributed by atoms with Crippen LogP contribution in [0.25, 0.3) is 105 Å². The van der Waals surface area contributed by atoms with Crippen molar-refractivity contribution in [2.45, 2.75) is 19.3 Å². The van der Waals surface area contributed by atoms with Gasteiger partial charge in [-0.05, 0) is 103 Å². The first-order valence-corrected chi connectivity index (χ1v) is 20.7. The van der Waals surface area contributed by atoms with Crippen LogP contribution in [-0.2, 0) is 5.41 Å². The fourth-order valence-corrected chi connectivity index (χ4v) is 9.91.